The average molecular weight is 387 g/mol. The zero-order valence-electron chi connectivity index (χ0n) is 14.7. The molecule has 1 unspecified atom stereocenters. The number of fused-ring (bicyclic) bond motifs is 1. The predicted molar refractivity (Wildman–Crippen MR) is 104 cm³/mol. The van der Waals surface area contributed by atoms with E-state index in [1.165, 1.54) is 4.90 Å². The summed E-state index contributed by atoms with van der Waals surface area (Å²) in [5.74, 6) is -0.625. The third-order valence-electron chi connectivity index (χ3n) is 4.10. The second kappa shape index (κ2) is 8.09. The van der Waals surface area contributed by atoms with E-state index in [4.69, 9.17) is 11.6 Å². The molecule has 8 heteroatoms. The van der Waals surface area contributed by atoms with Gasteiger partial charge >= 0.3 is 6.03 Å². The number of nitrogens with zero attached hydrogens (tertiary/aromatic N) is 1. The van der Waals surface area contributed by atoms with Crippen molar-refractivity contribution >= 4 is 40.8 Å². The zero-order valence-corrected chi connectivity index (χ0v) is 15.4. The third kappa shape index (κ3) is 4.57. The van der Waals surface area contributed by atoms with Gasteiger partial charge in [0.2, 0.25) is 11.8 Å². The summed E-state index contributed by atoms with van der Waals surface area (Å²) in [6.45, 7) is 1.77. The SMILES string of the molecule is CC(NC(=O)N1CC(=O)Nc2ccccc21)C(=O)NCc1cccc(Cl)c1. The predicted octanol–water partition coefficient (Wildman–Crippen LogP) is 2.51. The Hall–Kier alpha value is -3.06. The highest BCUT2D eigenvalue weighted by molar-refractivity contribution is 6.30. The molecule has 0 bridgehead atoms. The molecule has 3 rings (SSSR count). The van der Waals surface area contributed by atoms with Crippen molar-refractivity contribution in [2.45, 2.75) is 19.5 Å². The molecule has 140 valence electrons. The van der Waals surface area contributed by atoms with Crippen LogP contribution in [0.5, 0.6) is 0 Å². The van der Waals surface area contributed by atoms with Gasteiger partial charge in [-0.3, -0.25) is 14.5 Å². The van der Waals surface area contributed by atoms with Crippen LogP contribution in [-0.4, -0.2) is 30.4 Å². The maximum absolute atomic E-state index is 12.6. The molecule has 0 saturated carbocycles. The van der Waals surface area contributed by atoms with Crippen molar-refractivity contribution in [2.75, 3.05) is 16.8 Å². The third-order valence-corrected chi connectivity index (χ3v) is 4.34. The van der Waals surface area contributed by atoms with Crippen LogP contribution in [0.1, 0.15) is 12.5 Å². The van der Waals surface area contributed by atoms with E-state index in [9.17, 15) is 14.4 Å². The molecule has 0 aliphatic carbocycles. The van der Waals surface area contributed by atoms with Crippen molar-refractivity contribution in [3.63, 3.8) is 0 Å². The minimum Gasteiger partial charge on any atom is -0.350 e. The Labute approximate surface area is 161 Å². The minimum absolute atomic E-state index is 0.111. The number of anilines is 2. The molecule has 7 nitrogen and oxygen atoms in total. The molecule has 1 atom stereocenters. The van der Waals surface area contributed by atoms with Crippen LogP contribution in [-0.2, 0) is 16.1 Å². The molecule has 0 fully saturated rings. The summed E-state index contributed by atoms with van der Waals surface area (Å²) < 4.78 is 0. The van der Waals surface area contributed by atoms with Crippen molar-refractivity contribution in [1.29, 1.82) is 0 Å². The molecule has 0 aromatic heterocycles. The van der Waals surface area contributed by atoms with Crippen LogP contribution in [0.3, 0.4) is 0 Å². The normalized spacial score (nSPS) is 14.0. The Morgan fingerprint density at radius 3 is 2.78 bits per heavy atom. The number of para-hydroxylation sites is 2. The Balaban J connectivity index is 1.60. The smallest absolute Gasteiger partial charge is 0.323 e. The maximum atomic E-state index is 12.6. The van der Waals surface area contributed by atoms with E-state index >= 15 is 0 Å². The lowest BCUT2D eigenvalue weighted by Crippen LogP contribution is -2.52. The summed E-state index contributed by atoms with van der Waals surface area (Å²) in [7, 11) is 0. The van der Waals surface area contributed by atoms with Crippen LogP contribution in [0.4, 0.5) is 16.2 Å². The number of hydrogen-bond acceptors (Lipinski definition) is 3. The van der Waals surface area contributed by atoms with Gasteiger partial charge in [0.1, 0.15) is 12.6 Å². The lowest BCUT2D eigenvalue weighted by molar-refractivity contribution is -0.122. The summed E-state index contributed by atoms with van der Waals surface area (Å²) in [5.41, 5.74) is 2.00. The molecular formula is C19H19ClN4O3. The van der Waals surface area contributed by atoms with Gasteiger partial charge in [-0.1, -0.05) is 35.9 Å². The Bertz CT molecular complexity index is 887. The van der Waals surface area contributed by atoms with Crippen LogP contribution in [0.15, 0.2) is 48.5 Å². The molecule has 0 radical (unpaired) electrons. The van der Waals surface area contributed by atoms with Crippen LogP contribution in [0.2, 0.25) is 5.02 Å². The summed E-state index contributed by atoms with van der Waals surface area (Å²) in [6.07, 6.45) is 0. The highest BCUT2D eigenvalue weighted by atomic mass is 35.5. The minimum atomic E-state index is -0.770. The number of hydrogen-bond donors (Lipinski definition) is 3. The van der Waals surface area contributed by atoms with Gasteiger partial charge in [0.25, 0.3) is 0 Å². The standard InChI is InChI=1S/C19H19ClN4O3/c1-12(18(26)21-10-13-5-4-6-14(20)9-13)22-19(27)24-11-17(25)23-15-7-2-3-8-16(15)24/h2-9,12H,10-11H2,1H3,(H,21,26)(H,22,27)(H,23,25). The number of nitrogens with one attached hydrogen (secondary N) is 3. The Morgan fingerprint density at radius 1 is 1.22 bits per heavy atom. The highest BCUT2D eigenvalue weighted by Crippen LogP contribution is 2.28. The topological polar surface area (TPSA) is 90.5 Å². The first-order valence-electron chi connectivity index (χ1n) is 8.43. The second-order valence-electron chi connectivity index (χ2n) is 6.17. The lowest BCUT2D eigenvalue weighted by atomic mass is 10.2. The van der Waals surface area contributed by atoms with E-state index in [2.05, 4.69) is 16.0 Å². The zero-order chi connectivity index (χ0) is 19.4. The van der Waals surface area contributed by atoms with Crippen LogP contribution in [0.25, 0.3) is 0 Å². The summed E-state index contributed by atoms with van der Waals surface area (Å²) in [4.78, 5) is 38.0. The van der Waals surface area contributed by atoms with Crippen LogP contribution < -0.4 is 20.9 Å². The quantitative estimate of drug-likeness (QED) is 0.754. The number of rotatable bonds is 4. The summed E-state index contributed by atoms with van der Waals surface area (Å²) in [5, 5.41) is 8.68. The summed E-state index contributed by atoms with van der Waals surface area (Å²) >= 11 is 5.92. The molecule has 27 heavy (non-hydrogen) atoms. The van der Waals surface area contributed by atoms with E-state index in [0.29, 0.717) is 22.9 Å². The Morgan fingerprint density at radius 2 is 2.00 bits per heavy atom. The number of halogens is 1. The van der Waals surface area contributed by atoms with E-state index in [1.54, 1.807) is 49.4 Å². The molecule has 3 N–H and O–H groups in total. The van der Waals surface area contributed by atoms with Crippen molar-refractivity contribution < 1.29 is 14.4 Å². The number of carbonyl (C=O) groups is 3. The molecule has 2 aromatic carbocycles. The van der Waals surface area contributed by atoms with E-state index in [0.717, 1.165) is 5.56 Å². The van der Waals surface area contributed by atoms with Gasteiger partial charge in [-0.15, -0.1) is 0 Å². The second-order valence-corrected chi connectivity index (χ2v) is 6.61. The molecule has 1 aliphatic heterocycles. The van der Waals surface area contributed by atoms with E-state index in [1.807, 2.05) is 6.07 Å². The first-order chi connectivity index (χ1) is 12.9. The van der Waals surface area contributed by atoms with Crippen LogP contribution in [0, 0.1) is 0 Å². The fraction of sp³-hybridized carbons (Fsp3) is 0.211. The number of amides is 4. The fourth-order valence-electron chi connectivity index (χ4n) is 2.73. The van der Waals surface area contributed by atoms with Crippen LogP contribution >= 0.6 is 11.6 Å². The number of carbonyl (C=O) groups excluding carboxylic acids is 3. The van der Waals surface area contributed by atoms with Gasteiger partial charge in [-0.2, -0.15) is 0 Å². The van der Waals surface area contributed by atoms with Gasteiger partial charge in [0.15, 0.2) is 0 Å². The first-order valence-corrected chi connectivity index (χ1v) is 8.81. The molecule has 0 spiro atoms. The van der Waals surface area contributed by atoms with Gasteiger partial charge in [-0.25, -0.2) is 4.79 Å². The first kappa shape index (κ1) is 18.7. The van der Waals surface area contributed by atoms with E-state index < -0.39 is 12.1 Å². The summed E-state index contributed by atoms with van der Waals surface area (Å²) in [6, 6.07) is 12.9. The number of urea groups is 1. The average Bonchev–Trinajstić information content (AvgIpc) is 2.65. The molecule has 0 saturated heterocycles. The number of benzene rings is 2. The Kier molecular flexibility index (Phi) is 5.61. The molecule has 1 aliphatic rings. The molecular weight excluding hydrogens is 368 g/mol. The largest absolute Gasteiger partial charge is 0.350 e. The molecule has 1 heterocycles. The van der Waals surface area contributed by atoms with Crippen molar-refractivity contribution in [1.82, 2.24) is 10.6 Å². The molecule has 4 amide bonds. The van der Waals surface area contributed by atoms with Gasteiger partial charge in [0.05, 0.1) is 11.4 Å². The van der Waals surface area contributed by atoms with Gasteiger partial charge < -0.3 is 16.0 Å². The monoisotopic (exact) mass is 386 g/mol. The molecule has 2 aromatic rings. The van der Waals surface area contributed by atoms with Crippen molar-refractivity contribution in [3.8, 4) is 0 Å². The van der Waals surface area contributed by atoms with Crippen molar-refractivity contribution in [3.05, 3.63) is 59.1 Å². The van der Waals surface area contributed by atoms with Crippen molar-refractivity contribution in [2.24, 2.45) is 0 Å². The van der Waals surface area contributed by atoms with Gasteiger partial charge in [-0.05, 0) is 36.8 Å². The van der Waals surface area contributed by atoms with Gasteiger partial charge in [0, 0.05) is 11.6 Å². The fourth-order valence-corrected chi connectivity index (χ4v) is 2.95. The van der Waals surface area contributed by atoms with E-state index in [-0.39, 0.29) is 18.4 Å². The lowest BCUT2D eigenvalue weighted by Gasteiger charge is -2.30. The highest BCUT2D eigenvalue weighted by Gasteiger charge is 2.28. The maximum Gasteiger partial charge on any atom is 0.323 e.